The number of hydrogen-bond donors (Lipinski definition) is 2. The minimum Gasteiger partial charge on any atom is -0.352 e. The van der Waals surface area contributed by atoms with Crippen LogP contribution in [0.1, 0.15) is 16.1 Å². The predicted molar refractivity (Wildman–Crippen MR) is 65.2 cm³/mol. The summed E-state index contributed by atoms with van der Waals surface area (Å²) in [5, 5.41) is 4.71. The quantitative estimate of drug-likeness (QED) is 0.841. The summed E-state index contributed by atoms with van der Waals surface area (Å²) in [6, 6.07) is 2.83. The van der Waals surface area contributed by atoms with E-state index in [1.54, 1.807) is 5.51 Å². The van der Waals surface area contributed by atoms with Crippen LogP contribution < -0.4 is 10.9 Å². The largest absolute Gasteiger partial charge is 0.352 e. The number of amides is 1. The molecule has 0 spiro atoms. The second-order valence-electron chi connectivity index (χ2n) is 3.43. The van der Waals surface area contributed by atoms with Gasteiger partial charge in [0.05, 0.1) is 16.8 Å². The molecule has 2 aromatic rings. The van der Waals surface area contributed by atoms with Crippen LogP contribution in [0.4, 0.5) is 0 Å². The Bertz CT molecular complexity index is 528. The molecule has 0 aliphatic heterocycles. The van der Waals surface area contributed by atoms with Crippen molar-refractivity contribution in [2.45, 2.75) is 6.42 Å². The molecule has 0 aliphatic rings. The molecule has 2 aromatic heterocycles. The number of aromatic nitrogens is 2. The topological polar surface area (TPSA) is 74.8 Å². The van der Waals surface area contributed by atoms with Gasteiger partial charge in [-0.25, -0.2) is 4.98 Å². The fourth-order valence-electron chi connectivity index (χ4n) is 1.32. The lowest BCUT2D eigenvalue weighted by Gasteiger charge is -2.03. The molecule has 0 saturated carbocycles. The van der Waals surface area contributed by atoms with Gasteiger partial charge in [0, 0.05) is 30.6 Å². The fraction of sp³-hybridized carbons (Fsp3) is 0.182. The third-order valence-corrected chi connectivity index (χ3v) is 2.83. The second-order valence-corrected chi connectivity index (χ2v) is 4.15. The van der Waals surface area contributed by atoms with E-state index in [-0.39, 0.29) is 11.5 Å². The summed E-state index contributed by atoms with van der Waals surface area (Å²) in [7, 11) is 0. The van der Waals surface area contributed by atoms with E-state index < -0.39 is 0 Å². The van der Waals surface area contributed by atoms with Crippen molar-refractivity contribution in [1.29, 1.82) is 0 Å². The SMILES string of the molecule is O=C(NCCc1cscn1)c1ccc(=O)[nH]c1. The molecule has 0 fully saturated rings. The lowest BCUT2D eigenvalue weighted by molar-refractivity contribution is 0.0953. The van der Waals surface area contributed by atoms with Crippen LogP contribution in [-0.4, -0.2) is 22.4 Å². The summed E-state index contributed by atoms with van der Waals surface area (Å²) in [6.45, 7) is 0.529. The number of carbonyl (C=O) groups is 1. The predicted octanol–water partition coefficient (Wildman–Crippen LogP) is 0.804. The van der Waals surface area contributed by atoms with E-state index in [9.17, 15) is 9.59 Å². The van der Waals surface area contributed by atoms with Crippen LogP contribution >= 0.6 is 11.3 Å². The van der Waals surface area contributed by atoms with E-state index in [4.69, 9.17) is 0 Å². The fourth-order valence-corrected chi connectivity index (χ4v) is 1.91. The van der Waals surface area contributed by atoms with Crippen molar-refractivity contribution >= 4 is 17.2 Å². The Kier molecular flexibility index (Phi) is 3.66. The molecule has 0 saturated heterocycles. The summed E-state index contributed by atoms with van der Waals surface area (Å²) in [5.74, 6) is -0.198. The highest BCUT2D eigenvalue weighted by Crippen LogP contribution is 2.01. The van der Waals surface area contributed by atoms with E-state index in [1.165, 1.54) is 29.7 Å². The summed E-state index contributed by atoms with van der Waals surface area (Å²) in [5.41, 5.74) is 2.96. The molecule has 0 unspecified atom stereocenters. The minimum atomic E-state index is -0.218. The van der Waals surface area contributed by atoms with Gasteiger partial charge in [-0.15, -0.1) is 11.3 Å². The zero-order chi connectivity index (χ0) is 12.1. The summed E-state index contributed by atoms with van der Waals surface area (Å²) in [4.78, 5) is 29.0. The van der Waals surface area contributed by atoms with Gasteiger partial charge in [0.15, 0.2) is 0 Å². The number of nitrogens with zero attached hydrogens (tertiary/aromatic N) is 1. The smallest absolute Gasteiger partial charge is 0.252 e. The van der Waals surface area contributed by atoms with Gasteiger partial charge in [0.2, 0.25) is 5.56 Å². The van der Waals surface area contributed by atoms with Gasteiger partial charge < -0.3 is 10.3 Å². The normalized spacial score (nSPS) is 10.1. The van der Waals surface area contributed by atoms with Crippen molar-refractivity contribution in [3.8, 4) is 0 Å². The maximum atomic E-state index is 11.6. The summed E-state index contributed by atoms with van der Waals surface area (Å²) >= 11 is 1.53. The molecule has 17 heavy (non-hydrogen) atoms. The number of H-pyrrole nitrogens is 1. The lowest BCUT2D eigenvalue weighted by atomic mass is 10.2. The van der Waals surface area contributed by atoms with Gasteiger partial charge in [-0.3, -0.25) is 9.59 Å². The molecule has 1 amide bonds. The third kappa shape index (κ3) is 3.25. The molecule has 0 aliphatic carbocycles. The zero-order valence-electron chi connectivity index (χ0n) is 8.97. The first-order chi connectivity index (χ1) is 8.25. The monoisotopic (exact) mass is 249 g/mol. The van der Waals surface area contributed by atoms with Gasteiger partial charge in [-0.2, -0.15) is 0 Å². The Labute approximate surface area is 102 Å². The molecule has 5 nitrogen and oxygen atoms in total. The molecular formula is C11H11N3O2S. The number of aromatic amines is 1. The maximum absolute atomic E-state index is 11.6. The Hall–Kier alpha value is -1.95. The summed E-state index contributed by atoms with van der Waals surface area (Å²) < 4.78 is 0. The van der Waals surface area contributed by atoms with Crippen molar-refractivity contribution in [3.05, 3.63) is 50.8 Å². The zero-order valence-corrected chi connectivity index (χ0v) is 9.79. The van der Waals surface area contributed by atoms with Gasteiger partial charge >= 0.3 is 0 Å². The maximum Gasteiger partial charge on any atom is 0.252 e. The average molecular weight is 249 g/mol. The number of nitrogens with one attached hydrogen (secondary N) is 2. The van der Waals surface area contributed by atoms with Crippen LogP contribution in [-0.2, 0) is 6.42 Å². The lowest BCUT2D eigenvalue weighted by Crippen LogP contribution is -2.26. The molecule has 6 heteroatoms. The highest BCUT2D eigenvalue weighted by Gasteiger charge is 2.04. The van der Waals surface area contributed by atoms with E-state index in [1.807, 2.05) is 5.38 Å². The van der Waals surface area contributed by atoms with Crippen molar-refractivity contribution in [2.75, 3.05) is 6.54 Å². The standard InChI is InChI=1S/C11H11N3O2S/c15-10-2-1-8(5-13-10)11(16)12-4-3-9-6-17-7-14-9/h1-2,5-7H,3-4H2,(H,12,16)(H,13,15). The van der Waals surface area contributed by atoms with Crippen molar-refractivity contribution in [2.24, 2.45) is 0 Å². The second kappa shape index (κ2) is 5.40. The molecular weight excluding hydrogens is 238 g/mol. The Balaban J connectivity index is 1.85. The molecule has 2 N–H and O–H groups in total. The first-order valence-corrected chi connectivity index (χ1v) is 6.04. The van der Waals surface area contributed by atoms with Crippen molar-refractivity contribution in [1.82, 2.24) is 15.3 Å². The number of pyridine rings is 1. The number of hydrogen-bond acceptors (Lipinski definition) is 4. The van der Waals surface area contributed by atoms with E-state index in [0.717, 1.165) is 5.69 Å². The molecule has 88 valence electrons. The molecule has 2 rings (SSSR count). The van der Waals surface area contributed by atoms with Gasteiger partial charge in [-0.05, 0) is 6.07 Å². The highest BCUT2D eigenvalue weighted by atomic mass is 32.1. The minimum absolute atomic E-state index is 0.198. The number of carbonyl (C=O) groups excluding carboxylic acids is 1. The highest BCUT2D eigenvalue weighted by molar-refractivity contribution is 7.07. The molecule has 0 bridgehead atoms. The van der Waals surface area contributed by atoms with Crippen LogP contribution in [0.25, 0.3) is 0 Å². The number of thiazole rings is 1. The van der Waals surface area contributed by atoms with Crippen LogP contribution in [0, 0.1) is 0 Å². The molecule has 0 aromatic carbocycles. The average Bonchev–Trinajstić information content (AvgIpc) is 2.83. The Morgan fingerprint density at radius 3 is 3.00 bits per heavy atom. The Morgan fingerprint density at radius 2 is 2.35 bits per heavy atom. The van der Waals surface area contributed by atoms with Crippen molar-refractivity contribution < 1.29 is 4.79 Å². The van der Waals surface area contributed by atoms with E-state index in [2.05, 4.69) is 15.3 Å². The van der Waals surface area contributed by atoms with Gasteiger partial charge in [-0.1, -0.05) is 0 Å². The van der Waals surface area contributed by atoms with Gasteiger partial charge in [0.25, 0.3) is 5.91 Å². The van der Waals surface area contributed by atoms with Crippen LogP contribution in [0.15, 0.2) is 34.0 Å². The van der Waals surface area contributed by atoms with Crippen LogP contribution in [0.5, 0.6) is 0 Å². The summed E-state index contributed by atoms with van der Waals surface area (Å²) in [6.07, 6.45) is 2.11. The first-order valence-electron chi connectivity index (χ1n) is 5.10. The third-order valence-electron chi connectivity index (χ3n) is 2.20. The van der Waals surface area contributed by atoms with Crippen LogP contribution in [0.2, 0.25) is 0 Å². The Morgan fingerprint density at radius 1 is 1.47 bits per heavy atom. The van der Waals surface area contributed by atoms with E-state index >= 15 is 0 Å². The van der Waals surface area contributed by atoms with Crippen LogP contribution in [0.3, 0.4) is 0 Å². The molecule has 0 atom stereocenters. The number of rotatable bonds is 4. The van der Waals surface area contributed by atoms with E-state index in [0.29, 0.717) is 18.5 Å². The molecule has 2 heterocycles. The van der Waals surface area contributed by atoms with Gasteiger partial charge in [0.1, 0.15) is 0 Å². The van der Waals surface area contributed by atoms with Crippen molar-refractivity contribution in [3.63, 3.8) is 0 Å². The first kappa shape index (κ1) is 11.5. The molecule has 0 radical (unpaired) electrons.